The summed E-state index contributed by atoms with van der Waals surface area (Å²) < 4.78 is 8.46. The molecule has 8 nitrogen and oxygen atoms in total. The van der Waals surface area contributed by atoms with Gasteiger partial charge in [-0.25, -0.2) is 4.57 Å². The summed E-state index contributed by atoms with van der Waals surface area (Å²) in [7, 11) is 3.15. The van der Waals surface area contributed by atoms with E-state index in [1.165, 1.54) is 17.5 Å². The first kappa shape index (κ1) is 20.3. The molecular formula is C23H24N5O3+. The predicted molar refractivity (Wildman–Crippen MR) is 118 cm³/mol. The van der Waals surface area contributed by atoms with Crippen LogP contribution in [-0.2, 0) is 13.0 Å². The third-order valence-corrected chi connectivity index (χ3v) is 5.43. The molecule has 4 aromatic rings. The normalized spacial score (nSPS) is 11.1. The Balaban J connectivity index is 1.92. The highest BCUT2D eigenvalue weighted by Crippen LogP contribution is 2.17. The molecule has 3 N–H and O–H groups in total. The number of hydrogen-bond acceptors (Lipinski definition) is 5. The van der Waals surface area contributed by atoms with Crippen molar-refractivity contribution in [2.24, 2.45) is 0 Å². The van der Waals surface area contributed by atoms with Crippen LogP contribution >= 0.6 is 0 Å². The summed E-state index contributed by atoms with van der Waals surface area (Å²) in [5.74, 6) is 0.691. The van der Waals surface area contributed by atoms with Crippen LogP contribution in [0, 0.1) is 6.92 Å². The van der Waals surface area contributed by atoms with Gasteiger partial charge in [-0.2, -0.15) is 0 Å². The first-order valence-corrected chi connectivity index (χ1v) is 9.93. The van der Waals surface area contributed by atoms with Crippen molar-refractivity contribution in [1.82, 2.24) is 14.7 Å². The molecule has 8 heteroatoms. The van der Waals surface area contributed by atoms with E-state index >= 15 is 0 Å². The van der Waals surface area contributed by atoms with E-state index in [1.54, 1.807) is 23.9 Å². The van der Waals surface area contributed by atoms with Crippen molar-refractivity contribution in [3.05, 3.63) is 75.7 Å². The molecule has 3 aromatic heterocycles. The Morgan fingerprint density at radius 1 is 1.26 bits per heavy atom. The second kappa shape index (κ2) is 8.06. The molecule has 0 bridgehead atoms. The van der Waals surface area contributed by atoms with Gasteiger partial charge < -0.3 is 15.8 Å². The number of methoxy groups -OCH3 is 1. The van der Waals surface area contributed by atoms with E-state index in [9.17, 15) is 9.59 Å². The number of nitrogens with two attached hydrogens (primary N) is 1. The van der Waals surface area contributed by atoms with Gasteiger partial charge in [0.2, 0.25) is 11.5 Å². The summed E-state index contributed by atoms with van der Waals surface area (Å²) in [6, 6.07) is 13.0. The molecule has 0 aliphatic carbocycles. The number of benzene rings is 1. The Morgan fingerprint density at radius 3 is 2.68 bits per heavy atom. The second-order valence-electron chi connectivity index (χ2n) is 7.31. The molecule has 1 aromatic carbocycles. The van der Waals surface area contributed by atoms with Crippen LogP contribution in [-0.4, -0.2) is 29.4 Å². The number of nitrogens with one attached hydrogen (secondary N) is 1. The largest absolute Gasteiger partial charge is 0.497 e. The maximum atomic E-state index is 13.2. The fourth-order valence-corrected chi connectivity index (χ4v) is 3.69. The Morgan fingerprint density at radius 2 is 2.00 bits per heavy atom. The number of aryl methyl sites for hydroxylation is 3. The number of nitrogens with zero attached hydrogens (tertiary/aromatic N) is 3. The third kappa shape index (κ3) is 3.56. The maximum absolute atomic E-state index is 13.2. The van der Waals surface area contributed by atoms with Gasteiger partial charge in [0.1, 0.15) is 16.7 Å². The summed E-state index contributed by atoms with van der Waals surface area (Å²) in [5.41, 5.74) is 9.36. The summed E-state index contributed by atoms with van der Waals surface area (Å²) in [4.78, 5) is 30.5. The number of fused-ring (bicyclic) bond motifs is 2. The fraction of sp³-hybridized carbons (Fsp3) is 0.217. The van der Waals surface area contributed by atoms with E-state index in [4.69, 9.17) is 15.5 Å². The van der Waals surface area contributed by atoms with Gasteiger partial charge in [0.05, 0.1) is 13.7 Å². The molecule has 0 unspecified atom stereocenters. The maximum Gasteiger partial charge on any atom is 0.278 e. The van der Waals surface area contributed by atoms with Crippen molar-refractivity contribution in [3.8, 4) is 5.75 Å². The third-order valence-electron chi connectivity index (χ3n) is 5.43. The highest BCUT2D eigenvalue weighted by Gasteiger charge is 2.24. The summed E-state index contributed by atoms with van der Waals surface area (Å²) >= 11 is 0. The number of carbonyl (C=O) groups excluding carboxylic acids is 1. The highest BCUT2D eigenvalue weighted by atomic mass is 16.5. The summed E-state index contributed by atoms with van der Waals surface area (Å²) in [6.45, 7) is 2.35. The summed E-state index contributed by atoms with van der Waals surface area (Å²) in [5, 5.41) is 2.93. The lowest BCUT2D eigenvalue weighted by molar-refractivity contribution is -0.658. The first-order valence-electron chi connectivity index (χ1n) is 9.93. The van der Waals surface area contributed by atoms with E-state index in [0.717, 1.165) is 16.9 Å². The number of pyridine rings is 2. The molecule has 0 saturated carbocycles. The van der Waals surface area contributed by atoms with E-state index in [1.807, 2.05) is 37.3 Å². The monoisotopic (exact) mass is 418 g/mol. The number of aromatic nitrogens is 3. The van der Waals surface area contributed by atoms with Gasteiger partial charge in [0, 0.05) is 25.2 Å². The van der Waals surface area contributed by atoms with Gasteiger partial charge in [-0.15, -0.1) is 0 Å². The second-order valence-corrected chi connectivity index (χ2v) is 7.31. The topological polar surface area (TPSA) is 103 Å². The van der Waals surface area contributed by atoms with Gasteiger partial charge in [-0.3, -0.25) is 14.0 Å². The smallest absolute Gasteiger partial charge is 0.278 e. The van der Waals surface area contributed by atoms with Crippen LogP contribution < -0.4 is 25.9 Å². The zero-order valence-electron chi connectivity index (χ0n) is 17.7. The average molecular weight is 418 g/mol. The van der Waals surface area contributed by atoms with Gasteiger partial charge in [0.15, 0.2) is 0 Å². The Bertz CT molecular complexity index is 1360. The molecule has 0 aliphatic rings. The SMILES string of the molecule is CNC(=O)c1cc2c(=O)n3cccc(C)c3nc2[n+](CCc2ccc(OC)cc2)c1N. The standard InChI is InChI=1S/C23H23N5O3/c1-14-5-4-11-28-20(14)26-21-18(23(28)30)13-17(22(29)25-2)19(24)27(21)12-10-15-6-8-16(31-3)9-7-15/h4-9,11,13,24H,10,12H2,1-3H3,(H,25,29)/p+1. The Labute approximate surface area is 178 Å². The molecular weight excluding hydrogens is 394 g/mol. The van der Waals surface area contributed by atoms with Crippen LogP contribution in [0.4, 0.5) is 5.82 Å². The average Bonchev–Trinajstić information content (AvgIpc) is 2.79. The van der Waals surface area contributed by atoms with E-state index in [0.29, 0.717) is 29.6 Å². The van der Waals surface area contributed by atoms with Gasteiger partial charge in [0.25, 0.3) is 17.1 Å². The van der Waals surface area contributed by atoms with E-state index in [2.05, 4.69) is 5.32 Å². The number of anilines is 1. The molecule has 1 amide bonds. The van der Waals surface area contributed by atoms with Crippen molar-refractivity contribution >= 4 is 28.4 Å². The lowest BCUT2D eigenvalue weighted by Crippen LogP contribution is -2.43. The molecule has 0 aliphatic heterocycles. The predicted octanol–water partition coefficient (Wildman–Crippen LogP) is 1.64. The minimum absolute atomic E-state index is 0.243. The zero-order chi connectivity index (χ0) is 22.1. The van der Waals surface area contributed by atoms with Crippen LogP contribution in [0.15, 0.2) is 53.5 Å². The molecule has 158 valence electrons. The van der Waals surface area contributed by atoms with Gasteiger partial charge in [-0.1, -0.05) is 23.2 Å². The van der Waals surface area contributed by atoms with Gasteiger partial charge >= 0.3 is 0 Å². The van der Waals surface area contributed by atoms with Crippen LogP contribution in [0.1, 0.15) is 21.5 Å². The number of hydrogen-bond donors (Lipinski definition) is 2. The van der Waals surface area contributed by atoms with E-state index < -0.39 is 0 Å². The Hall–Kier alpha value is -3.94. The lowest BCUT2D eigenvalue weighted by atomic mass is 10.1. The number of rotatable bonds is 5. The quantitative estimate of drug-likeness (QED) is 0.379. The number of carbonyl (C=O) groups is 1. The molecule has 0 atom stereocenters. The lowest BCUT2D eigenvalue weighted by Gasteiger charge is -2.12. The van der Waals surface area contributed by atoms with Crippen molar-refractivity contribution < 1.29 is 14.1 Å². The van der Waals surface area contributed by atoms with Gasteiger partial charge in [-0.05, 0) is 36.8 Å². The molecule has 0 spiro atoms. The zero-order valence-corrected chi connectivity index (χ0v) is 17.7. The molecule has 0 fully saturated rings. The Kier molecular flexibility index (Phi) is 5.29. The summed E-state index contributed by atoms with van der Waals surface area (Å²) in [6.07, 6.45) is 2.31. The van der Waals surface area contributed by atoms with E-state index in [-0.39, 0.29) is 22.8 Å². The van der Waals surface area contributed by atoms with Crippen LogP contribution in [0.25, 0.3) is 16.7 Å². The molecule has 31 heavy (non-hydrogen) atoms. The number of amides is 1. The van der Waals surface area contributed by atoms with Crippen molar-refractivity contribution in [2.45, 2.75) is 19.9 Å². The van der Waals surface area contributed by atoms with Crippen LogP contribution in [0.2, 0.25) is 0 Å². The minimum Gasteiger partial charge on any atom is -0.497 e. The highest BCUT2D eigenvalue weighted by molar-refractivity contribution is 6.00. The fourth-order valence-electron chi connectivity index (χ4n) is 3.69. The van der Waals surface area contributed by atoms with Crippen LogP contribution in [0.5, 0.6) is 5.75 Å². The van der Waals surface area contributed by atoms with Crippen molar-refractivity contribution in [3.63, 3.8) is 0 Å². The van der Waals surface area contributed by atoms with Crippen molar-refractivity contribution in [2.75, 3.05) is 19.9 Å². The number of nitrogen functional groups attached to an aromatic ring is 1. The molecule has 3 heterocycles. The molecule has 0 saturated heterocycles. The number of ether oxygens (including phenoxy) is 1. The molecule has 4 rings (SSSR count). The van der Waals surface area contributed by atoms with Crippen LogP contribution in [0.3, 0.4) is 0 Å². The minimum atomic E-state index is -0.355. The van der Waals surface area contributed by atoms with Crippen molar-refractivity contribution in [1.29, 1.82) is 0 Å². The molecule has 0 radical (unpaired) electrons. The first-order chi connectivity index (χ1) is 14.9.